The van der Waals surface area contributed by atoms with Gasteiger partial charge in [0.2, 0.25) is 0 Å². The van der Waals surface area contributed by atoms with Gasteiger partial charge in [-0.15, -0.1) is 11.3 Å². The van der Waals surface area contributed by atoms with Crippen LogP contribution in [0.3, 0.4) is 0 Å². The molecule has 3 aromatic carbocycles. The highest BCUT2D eigenvalue weighted by molar-refractivity contribution is 7.25. The molecular weight excluding hydrogens is 290 g/mol. The molecule has 106 valence electrons. The molecule has 0 atom stereocenters. The molecule has 2 aromatic heterocycles. The van der Waals surface area contributed by atoms with Crippen LogP contribution in [0.2, 0.25) is 0 Å². The lowest BCUT2D eigenvalue weighted by Crippen LogP contribution is -1.80. The summed E-state index contributed by atoms with van der Waals surface area (Å²) in [5.41, 5.74) is 2.30. The summed E-state index contributed by atoms with van der Waals surface area (Å²) >= 11 is 1.85. The summed E-state index contributed by atoms with van der Waals surface area (Å²) in [6.45, 7) is 0. The Hall–Kier alpha value is -2.52. The number of methoxy groups -OCH3 is 1. The highest BCUT2D eigenvalue weighted by Crippen LogP contribution is 2.38. The van der Waals surface area contributed by atoms with Gasteiger partial charge in [-0.05, 0) is 30.3 Å². The SMILES string of the molecule is COc1ccc2c(c1)[nH]c1cc3sc4ccccc4c3cc12. The highest BCUT2D eigenvalue weighted by Gasteiger charge is 2.10. The average molecular weight is 303 g/mol. The zero-order valence-electron chi connectivity index (χ0n) is 12.0. The summed E-state index contributed by atoms with van der Waals surface area (Å²) in [5.74, 6) is 0.881. The lowest BCUT2D eigenvalue weighted by molar-refractivity contribution is 0.415. The van der Waals surface area contributed by atoms with Crippen molar-refractivity contribution >= 4 is 53.3 Å². The number of fused-ring (bicyclic) bond motifs is 6. The molecule has 0 fully saturated rings. The largest absolute Gasteiger partial charge is 0.497 e. The Labute approximate surface area is 130 Å². The van der Waals surface area contributed by atoms with Gasteiger partial charge >= 0.3 is 0 Å². The number of hydrogen-bond donors (Lipinski definition) is 1. The van der Waals surface area contributed by atoms with E-state index < -0.39 is 0 Å². The number of ether oxygens (including phenoxy) is 1. The number of H-pyrrole nitrogens is 1. The number of aromatic amines is 1. The Bertz CT molecular complexity index is 1170. The second kappa shape index (κ2) is 4.24. The molecule has 0 amide bonds. The molecule has 0 radical (unpaired) electrons. The predicted octanol–water partition coefficient (Wildman–Crippen LogP) is 5.70. The van der Waals surface area contributed by atoms with Crippen molar-refractivity contribution in [3.05, 3.63) is 54.6 Å². The Morgan fingerprint density at radius 1 is 0.773 bits per heavy atom. The first-order chi connectivity index (χ1) is 10.8. The van der Waals surface area contributed by atoms with E-state index in [0.717, 1.165) is 11.3 Å². The van der Waals surface area contributed by atoms with E-state index >= 15 is 0 Å². The Kier molecular flexibility index (Phi) is 2.33. The molecule has 1 N–H and O–H groups in total. The third-order valence-electron chi connectivity index (χ3n) is 4.30. The standard InChI is InChI=1S/C19H13NOS/c1-21-11-6-7-12-14-9-15-13-4-2-3-5-18(13)22-19(15)10-17(14)20-16(12)8-11/h2-10,20H,1H3. The van der Waals surface area contributed by atoms with Crippen molar-refractivity contribution in [2.24, 2.45) is 0 Å². The van der Waals surface area contributed by atoms with Gasteiger partial charge in [-0.25, -0.2) is 0 Å². The van der Waals surface area contributed by atoms with Crippen LogP contribution in [0.25, 0.3) is 42.0 Å². The van der Waals surface area contributed by atoms with E-state index in [4.69, 9.17) is 4.74 Å². The molecule has 0 bridgehead atoms. The molecular formula is C19H13NOS. The molecule has 2 heterocycles. The fourth-order valence-electron chi connectivity index (χ4n) is 3.23. The lowest BCUT2D eigenvalue weighted by atomic mass is 10.1. The zero-order valence-corrected chi connectivity index (χ0v) is 12.8. The normalized spacial score (nSPS) is 11.9. The maximum atomic E-state index is 5.32. The topological polar surface area (TPSA) is 25.0 Å². The monoisotopic (exact) mass is 303 g/mol. The Balaban J connectivity index is 1.94. The van der Waals surface area contributed by atoms with E-state index in [1.165, 1.54) is 36.5 Å². The van der Waals surface area contributed by atoms with Gasteiger partial charge in [0.05, 0.1) is 12.6 Å². The lowest BCUT2D eigenvalue weighted by Gasteiger charge is -1.98. The molecule has 0 spiro atoms. The van der Waals surface area contributed by atoms with Gasteiger partial charge in [0.1, 0.15) is 5.75 Å². The van der Waals surface area contributed by atoms with Crippen molar-refractivity contribution in [3.8, 4) is 5.75 Å². The molecule has 5 rings (SSSR count). The van der Waals surface area contributed by atoms with E-state index in [2.05, 4.69) is 53.5 Å². The van der Waals surface area contributed by atoms with Gasteiger partial charge in [-0.3, -0.25) is 0 Å². The molecule has 3 heteroatoms. The summed E-state index contributed by atoms with van der Waals surface area (Å²) < 4.78 is 7.99. The first-order valence-electron chi connectivity index (χ1n) is 7.24. The fourth-order valence-corrected chi connectivity index (χ4v) is 4.36. The Morgan fingerprint density at radius 2 is 1.64 bits per heavy atom. The van der Waals surface area contributed by atoms with E-state index in [9.17, 15) is 0 Å². The molecule has 0 saturated heterocycles. The van der Waals surface area contributed by atoms with Crippen molar-refractivity contribution in [1.82, 2.24) is 4.98 Å². The minimum atomic E-state index is 0.881. The van der Waals surface area contributed by atoms with E-state index in [0.29, 0.717) is 0 Å². The molecule has 0 saturated carbocycles. The molecule has 0 aliphatic heterocycles. The van der Waals surface area contributed by atoms with Crippen LogP contribution in [0.5, 0.6) is 5.75 Å². The summed E-state index contributed by atoms with van der Waals surface area (Å²) in [6, 6.07) is 19.4. The molecule has 0 aliphatic carbocycles. The number of benzene rings is 3. The number of aromatic nitrogens is 1. The second-order valence-corrected chi connectivity index (χ2v) is 6.61. The van der Waals surface area contributed by atoms with Gasteiger partial charge in [-0.1, -0.05) is 18.2 Å². The quantitative estimate of drug-likeness (QED) is 0.422. The van der Waals surface area contributed by atoms with Crippen LogP contribution < -0.4 is 4.74 Å². The first kappa shape index (κ1) is 12.1. The Morgan fingerprint density at radius 3 is 2.55 bits per heavy atom. The van der Waals surface area contributed by atoms with Crippen LogP contribution >= 0.6 is 11.3 Å². The van der Waals surface area contributed by atoms with Crippen LogP contribution in [0, 0.1) is 0 Å². The van der Waals surface area contributed by atoms with E-state index in [1.54, 1.807) is 7.11 Å². The third kappa shape index (κ3) is 1.54. The van der Waals surface area contributed by atoms with Crippen molar-refractivity contribution < 1.29 is 4.74 Å². The zero-order chi connectivity index (χ0) is 14.7. The molecule has 0 aliphatic rings. The smallest absolute Gasteiger partial charge is 0.120 e. The number of nitrogens with one attached hydrogen (secondary N) is 1. The summed E-state index contributed by atoms with van der Waals surface area (Å²) in [4.78, 5) is 3.52. The van der Waals surface area contributed by atoms with E-state index in [-0.39, 0.29) is 0 Å². The van der Waals surface area contributed by atoms with Gasteiger partial charge in [0, 0.05) is 42.5 Å². The number of thiophene rings is 1. The van der Waals surface area contributed by atoms with Crippen molar-refractivity contribution in [1.29, 1.82) is 0 Å². The summed E-state index contributed by atoms with van der Waals surface area (Å²) in [7, 11) is 1.70. The predicted molar refractivity (Wildman–Crippen MR) is 95.2 cm³/mol. The van der Waals surface area contributed by atoms with Gasteiger partial charge in [0.25, 0.3) is 0 Å². The third-order valence-corrected chi connectivity index (χ3v) is 5.44. The van der Waals surface area contributed by atoms with Gasteiger partial charge in [-0.2, -0.15) is 0 Å². The highest BCUT2D eigenvalue weighted by atomic mass is 32.1. The maximum absolute atomic E-state index is 5.32. The molecule has 0 unspecified atom stereocenters. The minimum absolute atomic E-state index is 0.881. The van der Waals surface area contributed by atoms with Crippen LogP contribution in [0.4, 0.5) is 0 Å². The molecule has 2 nitrogen and oxygen atoms in total. The first-order valence-corrected chi connectivity index (χ1v) is 8.06. The van der Waals surface area contributed by atoms with E-state index in [1.807, 2.05) is 17.4 Å². The minimum Gasteiger partial charge on any atom is -0.497 e. The summed E-state index contributed by atoms with van der Waals surface area (Å²) in [5, 5.41) is 5.19. The maximum Gasteiger partial charge on any atom is 0.120 e. The van der Waals surface area contributed by atoms with Gasteiger partial charge < -0.3 is 9.72 Å². The average Bonchev–Trinajstić information content (AvgIpc) is 3.09. The van der Waals surface area contributed by atoms with Gasteiger partial charge in [0.15, 0.2) is 0 Å². The van der Waals surface area contributed by atoms with Crippen molar-refractivity contribution in [2.75, 3.05) is 7.11 Å². The summed E-state index contributed by atoms with van der Waals surface area (Å²) in [6.07, 6.45) is 0. The number of rotatable bonds is 1. The van der Waals surface area contributed by atoms with Crippen molar-refractivity contribution in [2.45, 2.75) is 0 Å². The molecule has 22 heavy (non-hydrogen) atoms. The van der Waals surface area contributed by atoms with Crippen LogP contribution in [0.1, 0.15) is 0 Å². The second-order valence-electron chi connectivity index (χ2n) is 5.53. The van der Waals surface area contributed by atoms with Crippen LogP contribution in [0.15, 0.2) is 54.6 Å². The van der Waals surface area contributed by atoms with Crippen molar-refractivity contribution in [3.63, 3.8) is 0 Å². The number of hydrogen-bond acceptors (Lipinski definition) is 2. The fraction of sp³-hybridized carbons (Fsp3) is 0.0526. The van der Waals surface area contributed by atoms with Crippen LogP contribution in [-0.4, -0.2) is 12.1 Å². The van der Waals surface area contributed by atoms with Crippen LogP contribution in [-0.2, 0) is 0 Å². The molecule has 5 aromatic rings.